The molecule has 0 amide bonds. The highest BCUT2D eigenvalue weighted by molar-refractivity contribution is 9.10. The van der Waals surface area contributed by atoms with Gasteiger partial charge in [0.05, 0.1) is 21.5 Å². The van der Waals surface area contributed by atoms with Crippen molar-refractivity contribution < 1.29 is 4.74 Å². The molecule has 0 radical (unpaired) electrons. The molecule has 1 aromatic carbocycles. The summed E-state index contributed by atoms with van der Waals surface area (Å²) in [5.41, 5.74) is 1.00. The molecule has 0 aliphatic rings. The van der Waals surface area contributed by atoms with E-state index >= 15 is 0 Å². The summed E-state index contributed by atoms with van der Waals surface area (Å²) in [7, 11) is 0. The first-order chi connectivity index (χ1) is 9.13. The third-order valence-electron chi connectivity index (χ3n) is 2.59. The van der Waals surface area contributed by atoms with Gasteiger partial charge in [-0.1, -0.05) is 24.6 Å². The van der Waals surface area contributed by atoms with Crippen molar-refractivity contribution >= 4 is 50.5 Å². The lowest BCUT2D eigenvalue weighted by molar-refractivity contribution is 0.315. The minimum absolute atomic E-state index is 0.232. The Labute approximate surface area is 135 Å². The predicted molar refractivity (Wildman–Crippen MR) is 87.0 cm³/mol. The first-order valence-corrected chi connectivity index (χ1v) is 8.41. The van der Waals surface area contributed by atoms with E-state index in [1.165, 1.54) is 0 Å². The minimum atomic E-state index is -0.232. The third kappa shape index (κ3) is 3.66. The van der Waals surface area contributed by atoms with Gasteiger partial charge in [-0.25, -0.2) is 0 Å². The number of hydrogen-bond donors (Lipinski definition) is 0. The van der Waals surface area contributed by atoms with Crippen molar-refractivity contribution in [2.24, 2.45) is 0 Å². The van der Waals surface area contributed by atoms with Crippen LogP contribution in [0.2, 0.25) is 5.02 Å². The Hall–Kier alpha value is -0.220. The van der Waals surface area contributed by atoms with Crippen molar-refractivity contribution in [1.29, 1.82) is 0 Å². The number of hydrogen-bond acceptors (Lipinski definition) is 2. The molecule has 0 fully saturated rings. The molecule has 2 aromatic rings. The molecule has 2 rings (SSSR count). The largest absolute Gasteiger partial charge is 0.492 e. The Morgan fingerprint density at radius 3 is 2.74 bits per heavy atom. The first-order valence-electron chi connectivity index (χ1n) is 5.92. The molecule has 1 heterocycles. The summed E-state index contributed by atoms with van der Waals surface area (Å²) in [4.78, 5) is 0.970. The summed E-state index contributed by atoms with van der Waals surface area (Å²) in [6.07, 6.45) is 0.983. The van der Waals surface area contributed by atoms with Crippen molar-refractivity contribution in [1.82, 2.24) is 0 Å². The quantitative estimate of drug-likeness (QED) is 0.555. The van der Waals surface area contributed by atoms with Gasteiger partial charge in [0, 0.05) is 4.88 Å². The van der Waals surface area contributed by atoms with E-state index in [1.54, 1.807) is 11.3 Å². The fraction of sp³-hybridized carbons (Fsp3) is 0.286. The molecule has 0 saturated carbocycles. The topological polar surface area (TPSA) is 9.23 Å². The van der Waals surface area contributed by atoms with Crippen molar-refractivity contribution in [2.45, 2.75) is 18.7 Å². The van der Waals surface area contributed by atoms with E-state index in [0.717, 1.165) is 27.1 Å². The van der Waals surface area contributed by atoms with Crippen molar-refractivity contribution in [3.8, 4) is 5.75 Å². The van der Waals surface area contributed by atoms with E-state index in [-0.39, 0.29) is 5.38 Å². The van der Waals surface area contributed by atoms with E-state index < -0.39 is 0 Å². The van der Waals surface area contributed by atoms with E-state index in [0.29, 0.717) is 11.6 Å². The molecule has 0 aliphatic carbocycles. The maximum atomic E-state index is 6.47. The SMILES string of the molecule is CCCOc1ccc(C(Cl)c2sccc2Cl)cc1Br. The second kappa shape index (κ2) is 6.98. The molecule has 0 aliphatic heterocycles. The Morgan fingerprint density at radius 2 is 2.16 bits per heavy atom. The zero-order valence-corrected chi connectivity index (χ0v) is 14.2. The monoisotopic (exact) mass is 378 g/mol. The van der Waals surface area contributed by atoms with Gasteiger partial charge in [0.25, 0.3) is 0 Å². The highest BCUT2D eigenvalue weighted by Crippen LogP contribution is 2.39. The van der Waals surface area contributed by atoms with Gasteiger partial charge in [0.1, 0.15) is 5.75 Å². The van der Waals surface area contributed by atoms with Crippen LogP contribution in [0.3, 0.4) is 0 Å². The number of alkyl halides is 1. The van der Waals surface area contributed by atoms with Gasteiger partial charge in [-0.15, -0.1) is 22.9 Å². The number of rotatable bonds is 5. The molecule has 0 N–H and O–H groups in total. The van der Waals surface area contributed by atoms with Crippen LogP contribution in [0.15, 0.2) is 34.1 Å². The number of benzene rings is 1. The van der Waals surface area contributed by atoms with Crippen LogP contribution in [0.5, 0.6) is 5.75 Å². The van der Waals surface area contributed by atoms with Gasteiger partial charge in [-0.3, -0.25) is 0 Å². The second-order valence-corrected chi connectivity index (χ2v) is 6.68. The Kier molecular flexibility index (Phi) is 5.58. The normalized spacial score (nSPS) is 12.4. The molecule has 0 bridgehead atoms. The van der Waals surface area contributed by atoms with Crippen LogP contribution in [-0.2, 0) is 0 Å². The zero-order chi connectivity index (χ0) is 13.8. The fourth-order valence-corrected chi connectivity index (χ4v) is 3.78. The predicted octanol–water partition coefficient (Wildman–Crippen LogP) is 6.28. The van der Waals surface area contributed by atoms with Gasteiger partial charge >= 0.3 is 0 Å². The van der Waals surface area contributed by atoms with Gasteiger partial charge in [-0.05, 0) is 51.5 Å². The summed E-state index contributed by atoms with van der Waals surface area (Å²) in [5, 5.41) is 2.43. The lowest BCUT2D eigenvalue weighted by Crippen LogP contribution is -1.97. The van der Waals surface area contributed by atoms with Crippen molar-refractivity contribution in [3.05, 3.63) is 49.6 Å². The van der Waals surface area contributed by atoms with Crippen molar-refractivity contribution in [2.75, 3.05) is 6.61 Å². The fourth-order valence-electron chi connectivity index (χ4n) is 1.64. The summed E-state index contributed by atoms with van der Waals surface area (Å²) in [5.74, 6) is 0.840. The Bertz CT molecular complexity index is 556. The molecule has 1 aromatic heterocycles. The molecule has 19 heavy (non-hydrogen) atoms. The van der Waals surface area contributed by atoms with E-state index in [2.05, 4.69) is 22.9 Å². The summed E-state index contributed by atoms with van der Waals surface area (Å²) in [6.45, 7) is 2.79. The van der Waals surface area contributed by atoms with Crippen LogP contribution in [0.25, 0.3) is 0 Å². The lowest BCUT2D eigenvalue weighted by atomic mass is 10.1. The average molecular weight is 380 g/mol. The average Bonchev–Trinajstić information content (AvgIpc) is 2.82. The zero-order valence-electron chi connectivity index (χ0n) is 10.3. The summed E-state index contributed by atoms with van der Waals surface area (Å²) < 4.78 is 6.54. The van der Waals surface area contributed by atoms with Crippen LogP contribution in [0, 0.1) is 0 Å². The van der Waals surface area contributed by atoms with E-state index in [4.69, 9.17) is 27.9 Å². The van der Waals surface area contributed by atoms with Crippen LogP contribution in [-0.4, -0.2) is 6.61 Å². The third-order valence-corrected chi connectivity index (χ3v) is 5.23. The number of thiophene rings is 1. The molecule has 1 nitrogen and oxygen atoms in total. The molecular formula is C14H13BrCl2OS. The van der Waals surface area contributed by atoms with Gasteiger partial charge < -0.3 is 4.74 Å². The smallest absolute Gasteiger partial charge is 0.133 e. The maximum Gasteiger partial charge on any atom is 0.133 e. The maximum absolute atomic E-state index is 6.47. The van der Waals surface area contributed by atoms with E-state index in [1.807, 2.05) is 29.6 Å². The van der Waals surface area contributed by atoms with Gasteiger partial charge in [-0.2, -0.15) is 0 Å². The van der Waals surface area contributed by atoms with Crippen molar-refractivity contribution in [3.63, 3.8) is 0 Å². The number of halogens is 3. The highest BCUT2D eigenvalue weighted by Gasteiger charge is 2.17. The first kappa shape index (κ1) is 15.2. The molecule has 5 heteroatoms. The Morgan fingerprint density at radius 1 is 1.37 bits per heavy atom. The minimum Gasteiger partial charge on any atom is -0.492 e. The Balaban J connectivity index is 2.22. The lowest BCUT2D eigenvalue weighted by Gasteiger charge is -2.12. The van der Waals surface area contributed by atoms with Gasteiger partial charge in [0.15, 0.2) is 0 Å². The second-order valence-electron chi connectivity index (χ2n) is 4.03. The van der Waals surface area contributed by atoms with Crippen LogP contribution < -0.4 is 4.74 Å². The van der Waals surface area contributed by atoms with Crippen LogP contribution in [0.4, 0.5) is 0 Å². The summed E-state index contributed by atoms with van der Waals surface area (Å²) >= 11 is 17.7. The standard InChI is InChI=1S/C14H13BrCl2OS/c1-2-6-18-12-4-3-9(8-10(12)15)13(17)14-11(16)5-7-19-14/h3-5,7-8,13H,2,6H2,1H3. The molecule has 1 atom stereocenters. The molecule has 1 unspecified atom stereocenters. The van der Waals surface area contributed by atoms with Gasteiger partial charge in [0.2, 0.25) is 0 Å². The molecular weight excluding hydrogens is 367 g/mol. The van der Waals surface area contributed by atoms with Crippen LogP contribution in [0.1, 0.15) is 29.2 Å². The van der Waals surface area contributed by atoms with Crippen LogP contribution >= 0.6 is 50.5 Å². The molecule has 0 spiro atoms. The highest BCUT2D eigenvalue weighted by atomic mass is 79.9. The molecule has 102 valence electrons. The van der Waals surface area contributed by atoms with E-state index in [9.17, 15) is 0 Å². The number of ether oxygens (including phenoxy) is 1. The molecule has 0 saturated heterocycles. The summed E-state index contributed by atoms with van der Waals surface area (Å²) in [6, 6.07) is 7.76.